The summed E-state index contributed by atoms with van der Waals surface area (Å²) in [5, 5.41) is 2.39. The van der Waals surface area contributed by atoms with Gasteiger partial charge < -0.3 is 0 Å². The Morgan fingerprint density at radius 2 is 1.42 bits per heavy atom. The van der Waals surface area contributed by atoms with Crippen molar-refractivity contribution in [3.63, 3.8) is 0 Å². The van der Waals surface area contributed by atoms with Crippen LogP contribution in [-0.4, -0.2) is 53.1 Å². The zero-order valence-electron chi connectivity index (χ0n) is 21.3. The first-order chi connectivity index (χ1) is 17.3. The molecule has 6 heteroatoms. The zero-order chi connectivity index (χ0) is 25.6. The standard InChI is InChI=1S/C30H34O4SeSi/c1-23(33-29(31)35-25-14-8-5-9-15-25)28-21-20-24(34-28)22-32-36(30(2,3)4,26-16-10-6-11-17-26)27-18-12-7-13-19-27/h5-21,23-24,28H,22H2,1-4H3/t23-,24-,28-/m0/s1. The molecule has 0 unspecified atom stereocenters. The van der Waals surface area contributed by atoms with Crippen molar-refractivity contribution in [3.8, 4) is 0 Å². The van der Waals surface area contributed by atoms with Crippen LogP contribution in [0.25, 0.3) is 0 Å². The summed E-state index contributed by atoms with van der Waals surface area (Å²) in [7, 11) is -2.63. The summed E-state index contributed by atoms with van der Waals surface area (Å²) >= 11 is -0.371. The van der Waals surface area contributed by atoms with E-state index in [1.807, 2.05) is 61.5 Å². The predicted molar refractivity (Wildman–Crippen MR) is 149 cm³/mol. The molecular formula is C30H34O4SeSi. The van der Waals surface area contributed by atoms with Crippen molar-refractivity contribution in [2.24, 2.45) is 0 Å². The molecule has 0 aromatic heterocycles. The Labute approximate surface area is 222 Å². The summed E-state index contributed by atoms with van der Waals surface area (Å²) < 4.78 is 20.0. The van der Waals surface area contributed by atoms with Gasteiger partial charge >= 0.3 is 210 Å². The maximum absolute atomic E-state index is 12.4. The molecule has 3 aromatic rings. The van der Waals surface area contributed by atoms with Gasteiger partial charge in [0.2, 0.25) is 0 Å². The Morgan fingerprint density at radius 3 is 1.94 bits per heavy atom. The van der Waals surface area contributed by atoms with E-state index in [-0.39, 0.29) is 43.2 Å². The third-order valence-corrected chi connectivity index (χ3v) is 13.0. The monoisotopic (exact) mass is 566 g/mol. The summed E-state index contributed by atoms with van der Waals surface area (Å²) in [6, 6.07) is 30.9. The predicted octanol–water partition coefficient (Wildman–Crippen LogP) is 4.44. The first kappa shape index (κ1) is 26.6. The SMILES string of the molecule is C[C@H](OC(=O)[Se]c1ccccc1)[C@@H]1C=C[C@@H](CO[Si](c2ccccc2)(c2ccccc2)C(C)(C)C)O1. The fourth-order valence-corrected chi connectivity index (χ4v) is 10.7. The number of carbonyl (C=O) groups is 1. The molecule has 1 heterocycles. The Kier molecular flexibility index (Phi) is 8.65. The molecule has 36 heavy (non-hydrogen) atoms. The van der Waals surface area contributed by atoms with Gasteiger partial charge in [0, 0.05) is 0 Å². The zero-order valence-corrected chi connectivity index (χ0v) is 24.0. The molecular weight excluding hydrogens is 531 g/mol. The van der Waals surface area contributed by atoms with Gasteiger partial charge in [0.15, 0.2) is 0 Å². The van der Waals surface area contributed by atoms with Crippen LogP contribution in [0.4, 0.5) is 4.79 Å². The number of ether oxygens (including phenoxy) is 2. The molecule has 0 amide bonds. The molecule has 4 nitrogen and oxygen atoms in total. The van der Waals surface area contributed by atoms with Crippen LogP contribution in [-0.2, 0) is 13.9 Å². The van der Waals surface area contributed by atoms with Gasteiger partial charge in [-0.05, 0) is 0 Å². The molecule has 0 radical (unpaired) electrons. The Bertz CT molecular complexity index is 1110. The van der Waals surface area contributed by atoms with Crippen molar-refractivity contribution in [3.05, 3.63) is 103 Å². The van der Waals surface area contributed by atoms with E-state index in [9.17, 15) is 4.79 Å². The van der Waals surface area contributed by atoms with Crippen molar-refractivity contribution in [1.82, 2.24) is 0 Å². The van der Waals surface area contributed by atoms with E-state index in [2.05, 4.69) is 69.3 Å². The molecule has 0 spiro atoms. The number of hydrogen-bond acceptors (Lipinski definition) is 4. The quantitative estimate of drug-likeness (QED) is 0.284. The van der Waals surface area contributed by atoms with E-state index >= 15 is 0 Å². The summed E-state index contributed by atoms with van der Waals surface area (Å²) in [5.74, 6) is 0. The van der Waals surface area contributed by atoms with Crippen LogP contribution in [0.5, 0.6) is 0 Å². The van der Waals surface area contributed by atoms with Crippen LogP contribution < -0.4 is 14.8 Å². The van der Waals surface area contributed by atoms with Gasteiger partial charge in [-0.25, -0.2) is 0 Å². The topological polar surface area (TPSA) is 44.8 Å². The number of carbonyl (C=O) groups excluding carboxylic acids is 1. The van der Waals surface area contributed by atoms with Gasteiger partial charge in [-0.15, -0.1) is 0 Å². The molecule has 1 aliphatic rings. The third kappa shape index (κ3) is 6.08. The minimum atomic E-state index is -2.63. The average Bonchev–Trinajstić information content (AvgIpc) is 3.35. The van der Waals surface area contributed by atoms with Crippen molar-refractivity contribution >= 4 is 43.0 Å². The van der Waals surface area contributed by atoms with Gasteiger partial charge in [0.25, 0.3) is 0 Å². The van der Waals surface area contributed by atoms with Gasteiger partial charge in [0.05, 0.1) is 0 Å². The summed E-state index contributed by atoms with van der Waals surface area (Å²) in [4.78, 5) is 12.3. The van der Waals surface area contributed by atoms with Gasteiger partial charge in [0.1, 0.15) is 0 Å². The molecule has 0 bridgehead atoms. The summed E-state index contributed by atoms with van der Waals surface area (Å²) in [6.45, 7) is 9.13. The van der Waals surface area contributed by atoms with E-state index in [0.717, 1.165) is 4.46 Å². The van der Waals surface area contributed by atoms with Gasteiger partial charge in [-0.3, -0.25) is 0 Å². The first-order valence-electron chi connectivity index (χ1n) is 12.3. The van der Waals surface area contributed by atoms with Gasteiger partial charge in [-0.1, -0.05) is 12.1 Å². The fourth-order valence-electron chi connectivity index (χ4n) is 4.68. The van der Waals surface area contributed by atoms with Crippen molar-refractivity contribution in [2.45, 2.75) is 51.0 Å². The van der Waals surface area contributed by atoms with Gasteiger partial charge in [-0.2, -0.15) is 0 Å². The van der Waals surface area contributed by atoms with E-state index in [4.69, 9.17) is 13.9 Å². The molecule has 4 rings (SSSR count). The van der Waals surface area contributed by atoms with Crippen molar-refractivity contribution < 1.29 is 18.7 Å². The summed E-state index contributed by atoms with van der Waals surface area (Å²) in [5.41, 5.74) is 0. The Hall–Kier alpha value is -2.47. The molecule has 0 N–H and O–H groups in total. The second-order valence-electron chi connectivity index (χ2n) is 9.99. The number of hydrogen-bond donors (Lipinski definition) is 0. The summed E-state index contributed by atoms with van der Waals surface area (Å²) in [6.07, 6.45) is 3.19. The van der Waals surface area contributed by atoms with Crippen molar-refractivity contribution in [1.29, 1.82) is 0 Å². The second-order valence-corrected chi connectivity index (χ2v) is 16.4. The molecule has 0 saturated heterocycles. The van der Waals surface area contributed by atoms with E-state index in [1.165, 1.54) is 10.4 Å². The molecule has 0 fully saturated rings. The number of rotatable bonds is 9. The van der Waals surface area contributed by atoms with Crippen LogP contribution in [0.2, 0.25) is 5.04 Å². The van der Waals surface area contributed by atoms with E-state index in [1.54, 1.807) is 0 Å². The van der Waals surface area contributed by atoms with Crippen LogP contribution in [0.3, 0.4) is 0 Å². The fraction of sp³-hybridized carbons (Fsp3) is 0.300. The normalized spacial score (nSPS) is 18.7. The van der Waals surface area contributed by atoms with E-state index < -0.39 is 8.32 Å². The Morgan fingerprint density at radius 1 is 0.889 bits per heavy atom. The third-order valence-electron chi connectivity index (χ3n) is 6.42. The van der Waals surface area contributed by atoms with Crippen molar-refractivity contribution in [2.75, 3.05) is 6.61 Å². The molecule has 1 aliphatic heterocycles. The molecule has 0 aliphatic carbocycles. The van der Waals surface area contributed by atoms with Crippen LogP contribution in [0.1, 0.15) is 27.7 Å². The molecule has 188 valence electrons. The molecule has 3 aromatic carbocycles. The molecule has 3 atom stereocenters. The average molecular weight is 566 g/mol. The first-order valence-corrected chi connectivity index (χ1v) is 15.9. The number of benzene rings is 3. The minimum absolute atomic E-state index is 0.0975. The van der Waals surface area contributed by atoms with Crippen LogP contribution in [0, 0.1) is 0 Å². The van der Waals surface area contributed by atoms with Crippen LogP contribution >= 0.6 is 0 Å². The Balaban J connectivity index is 1.44. The van der Waals surface area contributed by atoms with E-state index in [0.29, 0.717) is 6.61 Å². The van der Waals surface area contributed by atoms with Crippen LogP contribution in [0.15, 0.2) is 103 Å². The maximum atomic E-state index is 12.4. The molecule has 0 saturated carbocycles. The second kappa shape index (κ2) is 11.7.